The van der Waals surface area contributed by atoms with Crippen LogP contribution in [0, 0.1) is 0 Å². The first-order chi connectivity index (χ1) is 7.79. The van der Waals surface area contributed by atoms with Crippen molar-refractivity contribution in [2.24, 2.45) is 0 Å². The molecule has 0 fully saturated rings. The lowest BCUT2D eigenvalue weighted by atomic mass is 10.2. The molecule has 0 atom stereocenters. The van der Waals surface area contributed by atoms with Gasteiger partial charge in [0.15, 0.2) is 0 Å². The van der Waals surface area contributed by atoms with E-state index in [1.807, 2.05) is 12.1 Å². The number of hydrogen-bond acceptors (Lipinski definition) is 4. The van der Waals surface area contributed by atoms with E-state index in [9.17, 15) is 4.79 Å². The number of aromatic nitrogens is 2. The Morgan fingerprint density at radius 2 is 2.06 bits per heavy atom. The van der Waals surface area contributed by atoms with Crippen LogP contribution < -0.4 is 0 Å². The van der Waals surface area contributed by atoms with E-state index in [1.165, 1.54) is 0 Å². The molecule has 0 radical (unpaired) electrons. The lowest BCUT2D eigenvalue weighted by Gasteiger charge is -1.95. The zero-order valence-electron chi connectivity index (χ0n) is 8.39. The summed E-state index contributed by atoms with van der Waals surface area (Å²) in [6.45, 7) is 0. The second kappa shape index (κ2) is 4.90. The highest BCUT2D eigenvalue weighted by atomic mass is 35.5. The lowest BCUT2D eigenvalue weighted by molar-refractivity contribution is -0.107. The summed E-state index contributed by atoms with van der Waals surface area (Å²) >= 11 is 5.58. The van der Waals surface area contributed by atoms with Gasteiger partial charge >= 0.3 is 0 Å². The van der Waals surface area contributed by atoms with Gasteiger partial charge in [-0.05, 0) is 23.7 Å². The summed E-state index contributed by atoms with van der Waals surface area (Å²) < 4.78 is 5.53. The average molecular weight is 237 g/mol. The molecule has 4 nitrogen and oxygen atoms in total. The van der Waals surface area contributed by atoms with Gasteiger partial charge < -0.3 is 9.21 Å². The van der Waals surface area contributed by atoms with Crippen LogP contribution in [0.15, 0.2) is 28.9 Å². The van der Waals surface area contributed by atoms with Gasteiger partial charge in [0, 0.05) is 25.2 Å². The van der Waals surface area contributed by atoms with E-state index in [0.717, 1.165) is 17.6 Å². The molecule has 2 aromatic rings. The minimum absolute atomic E-state index is 0.205. The molecular formula is C11H9ClN2O2. The summed E-state index contributed by atoms with van der Waals surface area (Å²) in [5.74, 6) is 1.45. The van der Waals surface area contributed by atoms with E-state index in [-0.39, 0.29) is 5.28 Å². The Kier molecular flexibility index (Phi) is 3.31. The van der Waals surface area contributed by atoms with E-state index in [0.29, 0.717) is 18.6 Å². The summed E-state index contributed by atoms with van der Waals surface area (Å²) in [4.78, 5) is 17.9. The summed E-state index contributed by atoms with van der Waals surface area (Å²) in [6, 6.07) is 3.67. The van der Waals surface area contributed by atoms with Crippen molar-refractivity contribution in [3.8, 4) is 11.3 Å². The van der Waals surface area contributed by atoms with E-state index in [1.54, 1.807) is 12.4 Å². The average Bonchev–Trinajstić information content (AvgIpc) is 2.76. The fourth-order valence-corrected chi connectivity index (χ4v) is 1.41. The molecule has 0 N–H and O–H groups in total. The van der Waals surface area contributed by atoms with Gasteiger partial charge in [-0.2, -0.15) is 0 Å². The van der Waals surface area contributed by atoms with Crippen LogP contribution >= 0.6 is 11.6 Å². The highest BCUT2D eigenvalue weighted by Gasteiger charge is 2.05. The number of aldehydes is 1. The number of rotatable bonds is 4. The Bertz CT molecular complexity index is 479. The first-order valence-electron chi connectivity index (χ1n) is 4.80. The quantitative estimate of drug-likeness (QED) is 0.605. The Labute approximate surface area is 97.3 Å². The van der Waals surface area contributed by atoms with Crippen LogP contribution in [0.25, 0.3) is 11.3 Å². The Morgan fingerprint density at radius 1 is 1.31 bits per heavy atom. The van der Waals surface area contributed by atoms with Gasteiger partial charge in [0.25, 0.3) is 0 Å². The second-order valence-corrected chi connectivity index (χ2v) is 3.55. The van der Waals surface area contributed by atoms with Crippen molar-refractivity contribution in [3.63, 3.8) is 0 Å². The Balaban J connectivity index is 2.17. The van der Waals surface area contributed by atoms with Gasteiger partial charge in [0.05, 0.1) is 5.56 Å². The summed E-state index contributed by atoms with van der Waals surface area (Å²) in [5, 5.41) is 0.205. The zero-order chi connectivity index (χ0) is 11.4. The highest BCUT2D eigenvalue weighted by Crippen LogP contribution is 2.21. The molecule has 0 saturated heterocycles. The monoisotopic (exact) mass is 236 g/mol. The third-order valence-corrected chi connectivity index (χ3v) is 2.27. The Hall–Kier alpha value is -1.68. The van der Waals surface area contributed by atoms with Crippen LogP contribution in [-0.4, -0.2) is 16.3 Å². The number of carbonyl (C=O) groups is 1. The standard InChI is InChI=1S/C11H9ClN2O2/c12-11-13-6-8(7-14-11)10-4-3-9(16-10)2-1-5-15/h3-7H,1-2H2. The molecule has 0 bridgehead atoms. The van der Waals surface area contributed by atoms with Crippen molar-refractivity contribution in [2.45, 2.75) is 12.8 Å². The second-order valence-electron chi connectivity index (χ2n) is 3.21. The molecule has 5 heteroatoms. The molecule has 0 unspecified atom stereocenters. The molecule has 16 heavy (non-hydrogen) atoms. The minimum Gasteiger partial charge on any atom is -0.461 e. The van der Waals surface area contributed by atoms with E-state index in [2.05, 4.69) is 9.97 Å². The number of aryl methyl sites for hydroxylation is 1. The molecule has 2 rings (SSSR count). The van der Waals surface area contributed by atoms with Crippen LogP contribution in [0.3, 0.4) is 0 Å². The van der Waals surface area contributed by atoms with Gasteiger partial charge in [-0.1, -0.05) is 0 Å². The number of halogens is 1. The molecule has 0 aliphatic heterocycles. The predicted octanol–water partition coefficient (Wildman–Crippen LogP) is 2.52. The smallest absolute Gasteiger partial charge is 0.222 e. The number of carbonyl (C=O) groups excluding carboxylic acids is 1. The largest absolute Gasteiger partial charge is 0.461 e. The van der Waals surface area contributed by atoms with Crippen LogP contribution in [0.2, 0.25) is 5.28 Å². The summed E-state index contributed by atoms with van der Waals surface area (Å²) in [5.41, 5.74) is 0.766. The van der Waals surface area contributed by atoms with Crippen molar-refractivity contribution < 1.29 is 9.21 Å². The molecule has 0 saturated carbocycles. The van der Waals surface area contributed by atoms with Gasteiger partial charge in [0.1, 0.15) is 17.8 Å². The topological polar surface area (TPSA) is 56.0 Å². The maximum Gasteiger partial charge on any atom is 0.222 e. The zero-order valence-corrected chi connectivity index (χ0v) is 9.15. The first kappa shape index (κ1) is 10.8. The maximum atomic E-state index is 10.2. The molecular weight excluding hydrogens is 228 g/mol. The number of hydrogen-bond donors (Lipinski definition) is 0. The van der Waals surface area contributed by atoms with Crippen LogP contribution in [-0.2, 0) is 11.2 Å². The molecule has 0 aromatic carbocycles. The molecule has 2 aromatic heterocycles. The molecule has 0 aliphatic rings. The maximum absolute atomic E-state index is 10.2. The predicted molar refractivity (Wildman–Crippen MR) is 59.1 cm³/mol. The minimum atomic E-state index is 0.205. The van der Waals surface area contributed by atoms with E-state index in [4.69, 9.17) is 16.0 Å². The Morgan fingerprint density at radius 3 is 2.75 bits per heavy atom. The third kappa shape index (κ3) is 2.46. The van der Waals surface area contributed by atoms with E-state index < -0.39 is 0 Å². The van der Waals surface area contributed by atoms with Crippen molar-refractivity contribution in [3.05, 3.63) is 35.6 Å². The van der Waals surface area contributed by atoms with Crippen LogP contribution in [0.4, 0.5) is 0 Å². The molecule has 2 heterocycles. The summed E-state index contributed by atoms with van der Waals surface area (Å²) in [7, 11) is 0. The first-order valence-corrected chi connectivity index (χ1v) is 5.17. The van der Waals surface area contributed by atoms with Crippen LogP contribution in [0.1, 0.15) is 12.2 Å². The van der Waals surface area contributed by atoms with Crippen LogP contribution in [0.5, 0.6) is 0 Å². The number of furan rings is 1. The van der Waals surface area contributed by atoms with Crippen molar-refractivity contribution >= 4 is 17.9 Å². The molecule has 0 spiro atoms. The van der Waals surface area contributed by atoms with Crippen molar-refractivity contribution in [1.82, 2.24) is 9.97 Å². The third-order valence-electron chi connectivity index (χ3n) is 2.08. The van der Waals surface area contributed by atoms with Gasteiger partial charge in [-0.25, -0.2) is 9.97 Å². The van der Waals surface area contributed by atoms with Gasteiger partial charge in [-0.3, -0.25) is 0 Å². The van der Waals surface area contributed by atoms with Gasteiger partial charge in [-0.15, -0.1) is 0 Å². The number of nitrogens with zero attached hydrogens (tertiary/aromatic N) is 2. The van der Waals surface area contributed by atoms with E-state index >= 15 is 0 Å². The fourth-order valence-electron chi connectivity index (χ4n) is 1.31. The van der Waals surface area contributed by atoms with Crippen molar-refractivity contribution in [2.75, 3.05) is 0 Å². The normalized spacial score (nSPS) is 10.3. The van der Waals surface area contributed by atoms with Crippen molar-refractivity contribution in [1.29, 1.82) is 0 Å². The SMILES string of the molecule is O=CCCc1ccc(-c2cnc(Cl)nc2)o1. The molecule has 82 valence electrons. The summed E-state index contributed by atoms with van der Waals surface area (Å²) in [6.07, 6.45) is 5.13. The highest BCUT2D eigenvalue weighted by molar-refractivity contribution is 6.28. The van der Waals surface area contributed by atoms with Gasteiger partial charge in [0.2, 0.25) is 5.28 Å². The molecule has 0 aliphatic carbocycles. The molecule has 0 amide bonds. The fraction of sp³-hybridized carbons (Fsp3) is 0.182. The lowest BCUT2D eigenvalue weighted by Crippen LogP contribution is -1.83.